The minimum atomic E-state index is -0.184. The Bertz CT molecular complexity index is 762. The molecule has 0 saturated carbocycles. The summed E-state index contributed by atoms with van der Waals surface area (Å²) >= 11 is 0. The quantitative estimate of drug-likeness (QED) is 0.750. The normalized spacial score (nSPS) is 15.5. The molecule has 0 fully saturated rings. The molecule has 0 bridgehead atoms. The lowest BCUT2D eigenvalue weighted by molar-refractivity contribution is 0.237. The number of nitrogen functional groups attached to an aromatic ring is 1. The summed E-state index contributed by atoms with van der Waals surface area (Å²) in [6.45, 7) is 0.427. The second-order valence-corrected chi connectivity index (χ2v) is 6.24. The first-order valence-electron chi connectivity index (χ1n) is 8.33. The Hall–Kier alpha value is -2.90. The van der Waals surface area contributed by atoms with E-state index in [-0.39, 0.29) is 18.0 Å². The number of aromatic nitrogens is 3. The SMILES string of the molecule is CN(C)c1nc(N)nc(CCNC(=O)N[C@H]2CCc3ccccc32)n1. The van der Waals surface area contributed by atoms with Gasteiger partial charge in [0.15, 0.2) is 0 Å². The molecule has 0 aliphatic heterocycles. The van der Waals surface area contributed by atoms with Crippen molar-refractivity contribution in [2.45, 2.75) is 25.3 Å². The second kappa shape index (κ2) is 7.33. The van der Waals surface area contributed by atoms with Crippen LogP contribution in [0.1, 0.15) is 29.4 Å². The van der Waals surface area contributed by atoms with Crippen molar-refractivity contribution in [2.24, 2.45) is 0 Å². The van der Waals surface area contributed by atoms with Gasteiger partial charge in [-0.2, -0.15) is 15.0 Å². The van der Waals surface area contributed by atoms with Crippen LogP contribution < -0.4 is 21.3 Å². The summed E-state index contributed by atoms with van der Waals surface area (Å²) in [4.78, 5) is 26.4. The molecule has 8 nitrogen and oxygen atoms in total. The van der Waals surface area contributed by atoms with E-state index in [2.05, 4.69) is 37.7 Å². The highest BCUT2D eigenvalue weighted by Gasteiger charge is 2.23. The van der Waals surface area contributed by atoms with Crippen molar-refractivity contribution >= 4 is 17.9 Å². The molecule has 2 aromatic rings. The molecule has 2 amide bonds. The number of aryl methyl sites for hydroxylation is 1. The van der Waals surface area contributed by atoms with Crippen LogP contribution in [0.3, 0.4) is 0 Å². The number of nitrogens with zero attached hydrogens (tertiary/aromatic N) is 4. The maximum atomic E-state index is 12.1. The maximum absolute atomic E-state index is 12.1. The van der Waals surface area contributed by atoms with Crippen LogP contribution in [0.5, 0.6) is 0 Å². The van der Waals surface area contributed by atoms with E-state index >= 15 is 0 Å². The molecule has 0 spiro atoms. The third-order valence-corrected chi connectivity index (χ3v) is 4.16. The number of fused-ring (bicyclic) bond motifs is 1. The number of amides is 2. The molecule has 1 aliphatic carbocycles. The minimum absolute atomic E-state index is 0.0735. The van der Waals surface area contributed by atoms with Crippen molar-refractivity contribution in [1.82, 2.24) is 25.6 Å². The zero-order valence-electron chi connectivity index (χ0n) is 14.5. The standard InChI is InChI=1S/C17H23N7O/c1-24(2)16-22-14(21-15(18)23-16)9-10-19-17(25)20-13-8-7-11-5-3-4-6-12(11)13/h3-6,13H,7-10H2,1-2H3,(H2,19,20,25)(H2,18,21,22,23)/t13-/m0/s1. The first-order valence-corrected chi connectivity index (χ1v) is 8.33. The Kier molecular flexibility index (Phi) is 4.97. The summed E-state index contributed by atoms with van der Waals surface area (Å²) in [6, 6.07) is 8.11. The van der Waals surface area contributed by atoms with Crippen LogP contribution in [0.4, 0.5) is 16.7 Å². The van der Waals surface area contributed by atoms with Gasteiger partial charge in [-0.05, 0) is 24.0 Å². The van der Waals surface area contributed by atoms with Gasteiger partial charge in [0.1, 0.15) is 5.82 Å². The van der Waals surface area contributed by atoms with Gasteiger partial charge in [-0.3, -0.25) is 0 Å². The van der Waals surface area contributed by atoms with Gasteiger partial charge in [0.05, 0.1) is 6.04 Å². The molecule has 1 aromatic carbocycles. The Balaban J connectivity index is 1.51. The third-order valence-electron chi connectivity index (χ3n) is 4.16. The number of nitrogens with one attached hydrogen (secondary N) is 2. The molecule has 1 atom stereocenters. The minimum Gasteiger partial charge on any atom is -0.368 e. The molecule has 1 heterocycles. The van der Waals surface area contributed by atoms with E-state index in [9.17, 15) is 4.79 Å². The number of hydrogen-bond donors (Lipinski definition) is 3. The molecule has 1 aromatic heterocycles. The summed E-state index contributed by atoms with van der Waals surface area (Å²) in [7, 11) is 3.67. The number of urea groups is 1. The topological polar surface area (TPSA) is 109 Å². The average molecular weight is 341 g/mol. The summed E-state index contributed by atoms with van der Waals surface area (Å²) in [6.07, 6.45) is 2.42. The van der Waals surface area contributed by atoms with Crippen LogP contribution in [-0.2, 0) is 12.8 Å². The molecule has 1 aliphatic rings. The molecule has 0 unspecified atom stereocenters. The highest BCUT2D eigenvalue weighted by molar-refractivity contribution is 5.74. The lowest BCUT2D eigenvalue weighted by Gasteiger charge is -2.15. The van der Waals surface area contributed by atoms with E-state index in [0.717, 1.165) is 12.8 Å². The first kappa shape index (κ1) is 16.9. The van der Waals surface area contributed by atoms with Crippen LogP contribution in [-0.4, -0.2) is 41.6 Å². The maximum Gasteiger partial charge on any atom is 0.315 e. The molecule has 132 valence electrons. The van der Waals surface area contributed by atoms with Crippen LogP contribution in [0.25, 0.3) is 0 Å². The smallest absolute Gasteiger partial charge is 0.315 e. The molecular weight excluding hydrogens is 318 g/mol. The van der Waals surface area contributed by atoms with E-state index in [1.54, 1.807) is 4.90 Å². The van der Waals surface area contributed by atoms with Gasteiger partial charge >= 0.3 is 6.03 Å². The zero-order chi connectivity index (χ0) is 17.8. The fourth-order valence-electron chi connectivity index (χ4n) is 2.94. The van der Waals surface area contributed by atoms with Gasteiger partial charge in [-0.1, -0.05) is 24.3 Å². The van der Waals surface area contributed by atoms with Crippen molar-refractivity contribution in [3.8, 4) is 0 Å². The summed E-state index contributed by atoms with van der Waals surface area (Å²) in [5.74, 6) is 1.25. The largest absolute Gasteiger partial charge is 0.368 e. The van der Waals surface area contributed by atoms with Gasteiger partial charge < -0.3 is 21.3 Å². The Morgan fingerprint density at radius 2 is 2.08 bits per heavy atom. The Morgan fingerprint density at radius 1 is 1.28 bits per heavy atom. The van der Waals surface area contributed by atoms with Gasteiger partial charge in [-0.15, -0.1) is 0 Å². The van der Waals surface area contributed by atoms with Gasteiger partial charge in [0, 0.05) is 27.1 Å². The van der Waals surface area contributed by atoms with Gasteiger partial charge in [0.25, 0.3) is 0 Å². The number of nitrogens with two attached hydrogens (primary N) is 1. The van der Waals surface area contributed by atoms with E-state index in [0.29, 0.717) is 24.7 Å². The van der Waals surface area contributed by atoms with Crippen molar-refractivity contribution < 1.29 is 4.79 Å². The van der Waals surface area contributed by atoms with Gasteiger partial charge in [0.2, 0.25) is 11.9 Å². The number of benzene rings is 1. The molecule has 4 N–H and O–H groups in total. The van der Waals surface area contributed by atoms with Crippen LogP contribution in [0.2, 0.25) is 0 Å². The summed E-state index contributed by atoms with van der Waals surface area (Å²) < 4.78 is 0. The second-order valence-electron chi connectivity index (χ2n) is 6.24. The zero-order valence-corrected chi connectivity index (χ0v) is 14.5. The van der Waals surface area contributed by atoms with E-state index in [1.807, 2.05) is 26.2 Å². The van der Waals surface area contributed by atoms with Gasteiger partial charge in [-0.25, -0.2) is 4.79 Å². The monoisotopic (exact) mass is 341 g/mol. The fraction of sp³-hybridized carbons (Fsp3) is 0.412. The van der Waals surface area contributed by atoms with Crippen molar-refractivity contribution in [3.05, 3.63) is 41.2 Å². The summed E-state index contributed by atoms with van der Waals surface area (Å²) in [5.41, 5.74) is 8.21. The van der Waals surface area contributed by atoms with Crippen LogP contribution >= 0.6 is 0 Å². The van der Waals surface area contributed by atoms with Crippen LogP contribution in [0.15, 0.2) is 24.3 Å². The summed E-state index contributed by atoms with van der Waals surface area (Å²) in [5, 5.41) is 5.88. The molecule has 0 saturated heterocycles. The number of hydrogen-bond acceptors (Lipinski definition) is 6. The first-order chi connectivity index (χ1) is 12.0. The van der Waals surface area contributed by atoms with Crippen molar-refractivity contribution in [1.29, 1.82) is 0 Å². The van der Waals surface area contributed by atoms with E-state index < -0.39 is 0 Å². The molecule has 25 heavy (non-hydrogen) atoms. The third kappa shape index (κ3) is 4.14. The molecule has 8 heteroatoms. The molecular formula is C17H23N7O. The Morgan fingerprint density at radius 3 is 2.88 bits per heavy atom. The lowest BCUT2D eigenvalue weighted by atomic mass is 10.1. The lowest BCUT2D eigenvalue weighted by Crippen LogP contribution is -2.38. The number of anilines is 2. The number of rotatable bonds is 5. The van der Waals surface area contributed by atoms with Crippen LogP contribution in [0, 0.1) is 0 Å². The predicted octanol–water partition coefficient (Wildman–Crippen LogP) is 1.05. The Labute approximate surface area is 146 Å². The highest BCUT2D eigenvalue weighted by Crippen LogP contribution is 2.30. The molecule has 0 radical (unpaired) electrons. The van der Waals surface area contributed by atoms with Crippen molar-refractivity contribution in [2.75, 3.05) is 31.3 Å². The van der Waals surface area contributed by atoms with E-state index in [1.165, 1.54) is 11.1 Å². The van der Waals surface area contributed by atoms with Crippen molar-refractivity contribution in [3.63, 3.8) is 0 Å². The number of carbonyl (C=O) groups excluding carboxylic acids is 1. The molecule has 3 rings (SSSR count). The average Bonchev–Trinajstić information content (AvgIpc) is 2.97. The fourth-order valence-corrected chi connectivity index (χ4v) is 2.94. The predicted molar refractivity (Wildman–Crippen MR) is 96.3 cm³/mol. The highest BCUT2D eigenvalue weighted by atomic mass is 16.2. The van der Waals surface area contributed by atoms with E-state index in [4.69, 9.17) is 5.73 Å². The number of carbonyl (C=O) groups is 1.